The number of nitrogens with two attached hydrogens (primary N) is 1. The van der Waals surface area contributed by atoms with Crippen LogP contribution in [0.4, 0.5) is 0 Å². The standard InChI is InChI=1S/C12H15N3O2/c1-9(13)14-8-15-11(12(16)17)7-10-5-3-2-4-6-10/h2-6,8,11H,7H2,1H3,(H,16,17)(H2,13,14,15)/t11-/m0/s1. The van der Waals surface area contributed by atoms with Gasteiger partial charge in [0.05, 0.1) is 5.84 Å². The molecule has 1 aromatic rings. The van der Waals surface area contributed by atoms with Gasteiger partial charge in [0.2, 0.25) is 0 Å². The molecule has 0 radical (unpaired) electrons. The maximum absolute atomic E-state index is 11.0. The maximum atomic E-state index is 11.0. The molecule has 5 nitrogen and oxygen atoms in total. The van der Waals surface area contributed by atoms with Crippen LogP contribution in [-0.2, 0) is 11.2 Å². The monoisotopic (exact) mass is 233 g/mol. The lowest BCUT2D eigenvalue weighted by Gasteiger charge is -2.06. The highest BCUT2D eigenvalue weighted by Gasteiger charge is 2.15. The maximum Gasteiger partial charge on any atom is 0.328 e. The van der Waals surface area contributed by atoms with Gasteiger partial charge in [0.1, 0.15) is 6.34 Å². The topological polar surface area (TPSA) is 88.0 Å². The summed E-state index contributed by atoms with van der Waals surface area (Å²) < 4.78 is 0. The number of carboxylic acids is 1. The van der Waals surface area contributed by atoms with Crippen molar-refractivity contribution in [3.63, 3.8) is 0 Å². The molecule has 1 atom stereocenters. The Bertz CT molecular complexity index is 423. The number of carbonyl (C=O) groups is 1. The van der Waals surface area contributed by atoms with E-state index in [-0.39, 0.29) is 0 Å². The molecule has 0 aliphatic carbocycles. The zero-order chi connectivity index (χ0) is 12.7. The van der Waals surface area contributed by atoms with Crippen LogP contribution >= 0.6 is 0 Å². The van der Waals surface area contributed by atoms with Crippen LogP contribution in [-0.4, -0.2) is 29.3 Å². The molecule has 0 saturated heterocycles. The zero-order valence-electron chi connectivity index (χ0n) is 9.58. The predicted molar refractivity (Wildman–Crippen MR) is 67.4 cm³/mol. The molecule has 0 unspecified atom stereocenters. The van der Waals surface area contributed by atoms with E-state index in [1.165, 1.54) is 6.34 Å². The van der Waals surface area contributed by atoms with Crippen LogP contribution < -0.4 is 5.73 Å². The first-order valence-electron chi connectivity index (χ1n) is 5.18. The van der Waals surface area contributed by atoms with Gasteiger partial charge >= 0.3 is 5.97 Å². The molecule has 0 aromatic heterocycles. The first kappa shape index (κ1) is 12.9. The van der Waals surface area contributed by atoms with Crippen LogP contribution in [0.1, 0.15) is 12.5 Å². The lowest BCUT2D eigenvalue weighted by Crippen LogP contribution is -2.20. The van der Waals surface area contributed by atoms with E-state index in [4.69, 9.17) is 10.8 Å². The van der Waals surface area contributed by atoms with Gasteiger partial charge in [-0.05, 0) is 12.5 Å². The number of nitrogens with zero attached hydrogens (tertiary/aromatic N) is 2. The zero-order valence-corrected chi connectivity index (χ0v) is 9.58. The van der Waals surface area contributed by atoms with E-state index in [0.717, 1.165) is 5.56 Å². The summed E-state index contributed by atoms with van der Waals surface area (Å²) >= 11 is 0. The Hall–Kier alpha value is -2.17. The molecule has 5 heteroatoms. The van der Waals surface area contributed by atoms with Gasteiger partial charge in [0, 0.05) is 6.42 Å². The summed E-state index contributed by atoms with van der Waals surface area (Å²) in [5, 5.41) is 9.01. The van der Waals surface area contributed by atoms with Gasteiger partial charge in [0.15, 0.2) is 6.04 Å². The number of hydrogen-bond acceptors (Lipinski definition) is 2. The van der Waals surface area contributed by atoms with Crippen molar-refractivity contribution in [1.82, 2.24) is 0 Å². The van der Waals surface area contributed by atoms with Crippen LogP contribution in [0.25, 0.3) is 0 Å². The van der Waals surface area contributed by atoms with Crippen molar-refractivity contribution in [1.29, 1.82) is 0 Å². The molecule has 17 heavy (non-hydrogen) atoms. The average Bonchev–Trinajstić information content (AvgIpc) is 2.28. The van der Waals surface area contributed by atoms with Crippen LogP contribution in [0.2, 0.25) is 0 Å². The summed E-state index contributed by atoms with van der Waals surface area (Å²) in [6, 6.07) is 8.50. The Kier molecular flexibility index (Phi) is 4.87. The van der Waals surface area contributed by atoms with Crippen molar-refractivity contribution < 1.29 is 9.90 Å². The summed E-state index contributed by atoms with van der Waals surface area (Å²) in [4.78, 5) is 18.6. The molecule has 0 fully saturated rings. The van der Waals surface area contributed by atoms with Crippen LogP contribution in [0.3, 0.4) is 0 Å². The SMILES string of the molecule is CC(N)=NC=N[C@@H](Cc1ccccc1)C(=O)O. The molecule has 90 valence electrons. The molecule has 0 heterocycles. The molecule has 0 spiro atoms. The molecular formula is C12H15N3O2. The number of aliphatic carboxylic acids is 1. The minimum absolute atomic E-state index is 0.339. The lowest BCUT2D eigenvalue weighted by atomic mass is 10.1. The van der Waals surface area contributed by atoms with Crippen LogP contribution in [0, 0.1) is 0 Å². The van der Waals surface area contributed by atoms with Crippen molar-refractivity contribution in [2.24, 2.45) is 15.7 Å². The Morgan fingerprint density at radius 1 is 1.47 bits per heavy atom. The number of carboxylic acid groups (broad SMARTS) is 1. The fourth-order valence-corrected chi connectivity index (χ4v) is 1.25. The lowest BCUT2D eigenvalue weighted by molar-refractivity contribution is -0.138. The van der Waals surface area contributed by atoms with Crippen LogP contribution in [0.15, 0.2) is 40.3 Å². The second-order valence-electron chi connectivity index (χ2n) is 3.58. The van der Waals surface area contributed by atoms with Gasteiger partial charge in [-0.25, -0.2) is 9.79 Å². The molecule has 0 bridgehead atoms. The van der Waals surface area contributed by atoms with Gasteiger partial charge in [-0.2, -0.15) is 0 Å². The second-order valence-corrected chi connectivity index (χ2v) is 3.58. The number of aliphatic imine (C=N–C) groups is 2. The number of benzene rings is 1. The summed E-state index contributed by atoms with van der Waals surface area (Å²) in [5.41, 5.74) is 6.24. The summed E-state index contributed by atoms with van der Waals surface area (Å²) in [6.07, 6.45) is 1.53. The van der Waals surface area contributed by atoms with E-state index in [2.05, 4.69) is 9.98 Å². The van der Waals surface area contributed by atoms with Crippen molar-refractivity contribution in [2.45, 2.75) is 19.4 Å². The Morgan fingerprint density at radius 3 is 2.65 bits per heavy atom. The van der Waals surface area contributed by atoms with E-state index in [1.807, 2.05) is 30.3 Å². The molecule has 0 aliphatic rings. The summed E-state index contributed by atoms with van der Waals surface area (Å²) in [6.45, 7) is 1.61. The number of amidine groups is 1. The third kappa shape index (κ3) is 4.92. The van der Waals surface area contributed by atoms with Crippen molar-refractivity contribution >= 4 is 18.1 Å². The minimum Gasteiger partial charge on any atom is -0.480 e. The molecular weight excluding hydrogens is 218 g/mol. The van der Waals surface area contributed by atoms with E-state index in [0.29, 0.717) is 12.3 Å². The quantitative estimate of drug-likeness (QED) is 0.589. The Balaban J connectivity index is 2.71. The molecule has 0 saturated carbocycles. The van der Waals surface area contributed by atoms with E-state index >= 15 is 0 Å². The second kappa shape index (κ2) is 6.42. The fraction of sp³-hybridized carbons (Fsp3) is 0.250. The molecule has 3 N–H and O–H groups in total. The van der Waals surface area contributed by atoms with Crippen molar-refractivity contribution in [3.05, 3.63) is 35.9 Å². The Labute approximate surface area is 99.7 Å². The molecule has 0 amide bonds. The fourth-order valence-electron chi connectivity index (χ4n) is 1.25. The Morgan fingerprint density at radius 2 is 2.12 bits per heavy atom. The molecule has 0 aliphatic heterocycles. The minimum atomic E-state index is -0.977. The summed E-state index contributed by atoms with van der Waals surface area (Å²) in [5.74, 6) is -0.632. The van der Waals surface area contributed by atoms with Crippen molar-refractivity contribution in [3.8, 4) is 0 Å². The van der Waals surface area contributed by atoms with Gasteiger partial charge in [-0.3, -0.25) is 4.99 Å². The highest BCUT2D eigenvalue weighted by atomic mass is 16.4. The van der Waals surface area contributed by atoms with Crippen LogP contribution in [0.5, 0.6) is 0 Å². The van der Waals surface area contributed by atoms with E-state index in [1.54, 1.807) is 6.92 Å². The van der Waals surface area contributed by atoms with Gasteiger partial charge in [-0.1, -0.05) is 30.3 Å². The van der Waals surface area contributed by atoms with Gasteiger partial charge in [0.25, 0.3) is 0 Å². The van der Waals surface area contributed by atoms with E-state index < -0.39 is 12.0 Å². The molecule has 1 rings (SSSR count). The average molecular weight is 233 g/mol. The third-order valence-electron chi connectivity index (χ3n) is 2.06. The normalized spacial score (nSPS) is 13.8. The third-order valence-corrected chi connectivity index (χ3v) is 2.06. The highest BCUT2D eigenvalue weighted by Crippen LogP contribution is 2.05. The number of hydrogen-bond donors (Lipinski definition) is 2. The summed E-state index contributed by atoms with van der Waals surface area (Å²) in [7, 11) is 0. The van der Waals surface area contributed by atoms with E-state index in [9.17, 15) is 4.79 Å². The highest BCUT2D eigenvalue weighted by molar-refractivity contribution is 5.86. The van der Waals surface area contributed by atoms with Gasteiger partial charge < -0.3 is 10.8 Å². The predicted octanol–water partition coefficient (Wildman–Crippen LogP) is 1.09. The molecule has 1 aromatic carbocycles. The largest absolute Gasteiger partial charge is 0.480 e. The smallest absolute Gasteiger partial charge is 0.328 e. The first-order chi connectivity index (χ1) is 8.09. The first-order valence-corrected chi connectivity index (χ1v) is 5.18. The van der Waals surface area contributed by atoms with Crippen molar-refractivity contribution in [2.75, 3.05) is 0 Å². The van der Waals surface area contributed by atoms with Gasteiger partial charge in [-0.15, -0.1) is 0 Å². The number of rotatable bonds is 5.